The Hall–Kier alpha value is -1.62. The Morgan fingerprint density at radius 3 is 2.95 bits per heavy atom. The molecule has 1 amide bonds. The van der Waals surface area contributed by atoms with Crippen molar-refractivity contribution in [1.82, 2.24) is 10.3 Å². The van der Waals surface area contributed by atoms with Gasteiger partial charge in [0.25, 0.3) is 5.91 Å². The molecule has 1 unspecified atom stereocenters. The number of aromatic nitrogens is 1. The SMILES string of the molecule is CCOc1ccc(C(=O)NC2CCOC(C)(C)C2)cn1. The highest BCUT2D eigenvalue weighted by atomic mass is 16.5. The highest BCUT2D eigenvalue weighted by Crippen LogP contribution is 2.24. The van der Waals surface area contributed by atoms with E-state index in [1.54, 1.807) is 18.3 Å². The van der Waals surface area contributed by atoms with Gasteiger partial charge >= 0.3 is 0 Å². The lowest BCUT2D eigenvalue weighted by atomic mass is 9.94. The predicted molar refractivity (Wildman–Crippen MR) is 75.9 cm³/mol. The van der Waals surface area contributed by atoms with Crippen LogP contribution in [0.15, 0.2) is 18.3 Å². The number of pyridine rings is 1. The third kappa shape index (κ3) is 3.93. The summed E-state index contributed by atoms with van der Waals surface area (Å²) < 4.78 is 10.9. The van der Waals surface area contributed by atoms with Gasteiger partial charge in [0.2, 0.25) is 5.88 Å². The van der Waals surface area contributed by atoms with Crippen LogP contribution in [0.1, 0.15) is 44.0 Å². The summed E-state index contributed by atoms with van der Waals surface area (Å²) in [5.74, 6) is 0.444. The zero-order chi connectivity index (χ0) is 14.6. The predicted octanol–water partition coefficient (Wildman–Crippen LogP) is 2.17. The van der Waals surface area contributed by atoms with Crippen LogP contribution in [0.5, 0.6) is 5.88 Å². The molecule has 1 aromatic heterocycles. The Morgan fingerprint density at radius 1 is 1.55 bits per heavy atom. The Labute approximate surface area is 119 Å². The highest BCUT2D eigenvalue weighted by molar-refractivity contribution is 5.94. The minimum absolute atomic E-state index is 0.0942. The topological polar surface area (TPSA) is 60.5 Å². The van der Waals surface area contributed by atoms with Crippen LogP contribution in [0.25, 0.3) is 0 Å². The maximum Gasteiger partial charge on any atom is 0.253 e. The van der Waals surface area contributed by atoms with Crippen LogP contribution in [0.4, 0.5) is 0 Å². The normalized spacial score (nSPS) is 21.2. The molecule has 1 N–H and O–H groups in total. The first-order chi connectivity index (χ1) is 9.50. The number of amides is 1. The van der Waals surface area contributed by atoms with Crippen LogP contribution in [0, 0.1) is 0 Å². The summed E-state index contributed by atoms with van der Waals surface area (Å²) in [6, 6.07) is 3.60. The summed E-state index contributed by atoms with van der Waals surface area (Å²) in [5.41, 5.74) is 0.380. The summed E-state index contributed by atoms with van der Waals surface area (Å²) in [4.78, 5) is 16.3. The van der Waals surface area contributed by atoms with Gasteiger partial charge < -0.3 is 14.8 Å². The minimum atomic E-state index is -0.173. The van der Waals surface area contributed by atoms with E-state index in [-0.39, 0.29) is 17.6 Å². The van der Waals surface area contributed by atoms with E-state index in [2.05, 4.69) is 10.3 Å². The van der Waals surface area contributed by atoms with E-state index < -0.39 is 0 Å². The van der Waals surface area contributed by atoms with Crippen molar-refractivity contribution in [2.24, 2.45) is 0 Å². The first kappa shape index (κ1) is 14.8. The molecule has 1 atom stereocenters. The van der Waals surface area contributed by atoms with E-state index in [0.29, 0.717) is 24.7 Å². The molecule has 0 bridgehead atoms. The van der Waals surface area contributed by atoms with Crippen LogP contribution < -0.4 is 10.1 Å². The Kier molecular flexibility index (Phi) is 4.60. The summed E-state index contributed by atoms with van der Waals surface area (Å²) in [6.45, 7) is 7.23. The van der Waals surface area contributed by atoms with E-state index in [1.165, 1.54) is 0 Å². The van der Waals surface area contributed by atoms with Crippen molar-refractivity contribution in [2.75, 3.05) is 13.2 Å². The number of hydrogen-bond donors (Lipinski definition) is 1. The maximum atomic E-state index is 12.2. The van der Waals surface area contributed by atoms with Crippen molar-refractivity contribution < 1.29 is 14.3 Å². The van der Waals surface area contributed by atoms with Gasteiger partial charge in [0.1, 0.15) is 0 Å². The van der Waals surface area contributed by atoms with Gasteiger partial charge in [-0.3, -0.25) is 4.79 Å². The van der Waals surface area contributed by atoms with Crippen LogP contribution in [0.3, 0.4) is 0 Å². The molecule has 110 valence electrons. The molecule has 1 fully saturated rings. The van der Waals surface area contributed by atoms with Crippen LogP contribution in [-0.4, -0.2) is 35.7 Å². The third-order valence-electron chi connectivity index (χ3n) is 3.32. The highest BCUT2D eigenvalue weighted by Gasteiger charge is 2.29. The largest absolute Gasteiger partial charge is 0.478 e. The third-order valence-corrected chi connectivity index (χ3v) is 3.32. The molecule has 2 rings (SSSR count). The molecular weight excluding hydrogens is 256 g/mol. The van der Waals surface area contributed by atoms with E-state index in [9.17, 15) is 4.79 Å². The number of rotatable bonds is 4. The van der Waals surface area contributed by atoms with Gasteiger partial charge in [-0.25, -0.2) is 4.98 Å². The Balaban J connectivity index is 1.94. The molecule has 20 heavy (non-hydrogen) atoms. The van der Waals surface area contributed by atoms with Crippen molar-refractivity contribution in [3.63, 3.8) is 0 Å². The van der Waals surface area contributed by atoms with E-state index in [4.69, 9.17) is 9.47 Å². The summed E-state index contributed by atoms with van der Waals surface area (Å²) in [5, 5.41) is 3.04. The molecule has 1 saturated heterocycles. The number of ether oxygens (including phenoxy) is 2. The lowest BCUT2D eigenvalue weighted by Crippen LogP contribution is -2.45. The van der Waals surface area contributed by atoms with Crippen molar-refractivity contribution >= 4 is 5.91 Å². The molecular formula is C15H22N2O3. The quantitative estimate of drug-likeness (QED) is 0.917. The Morgan fingerprint density at radius 2 is 2.35 bits per heavy atom. The maximum absolute atomic E-state index is 12.2. The number of nitrogens with one attached hydrogen (secondary N) is 1. The molecule has 0 radical (unpaired) electrons. The van der Waals surface area contributed by atoms with E-state index in [0.717, 1.165) is 12.8 Å². The summed E-state index contributed by atoms with van der Waals surface area (Å²) in [6.07, 6.45) is 3.22. The fourth-order valence-electron chi connectivity index (χ4n) is 2.37. The second-order valence-corrected chi connectivity index (χ2v) is 5.59. The number of carbonyl (C=O) groups excluding carboxylic acids is 1. The lowest BCUT2D eigenvalue weighted by Gasteiger charge is -2.35. The zero-order valence-electron chi connectivity index (χ0n) is 12.3. The van der Waals surface area contributed by atoms with E-state index >= 15 is 0 Å². The molecule has 5 nitrogen and oxygen atoms in total. The molecule has 1 aliphatic rings. The first-order valence-electron chi connectivity index (χ1n) is 7.04. The summed E-state index contributed by atoms with van der Waals surface area (Å²) in [7, 11) is 0. The number of nitrogens with zero attached hydrogens (tertiary/aromatic N) is 1. The monoisotopic (exact) mass is 278 g/mol. The average molecular weight is 278 g/mol. The van der Waals surface area contributed by atoms with Gasteiger partial charge in [-0.15, -0.1) is 0 Å². The minimum Gasteiger partial charge on any atom is -0.478 e. The molecule has 1 aromatic rings. The van der Waals surface area contributed by atoms with Crippen molar-refractivity contribution in [2.45, 2.75) is 45.3 Å². The molecule has 2 heterocycles. The second kappa shape index (κ2) is 6.22. The molecule has 0 aliphatic carbocycles. The standard InChI is InChI=1S/C15H22N2O3/c1-4-19-13-6-5-11(10-16-13)14(18)17-12-7-8-20-15(2,3)9-12/h5-6,10,12H,4,7-9H2,1-3H3,(H,17,18). The van der Waals surface area contributed by atoms with Crippen molar-refractivity contribution in [3.8, 4) is 5.88 Å². The van der Waals surface area contributed by atoms with Gasteiger partial charge in [0.05, 0.1) is 17.8 Å². The Bertz CT molecular complexity index is 457. The molecule has 1 aliphatic heterocycles. The van der Waals surface area contributed by atoms with Crippen molar-refractivity contribution in [1.29, 1.82) is 0 Å². The van der Waals surface area contributed by atoms with Gasteiger partial charge in [0.15, 0.2) is 0 Å². The summed E-state index contributed by atoms with van der Waals surface area (Å²) >= 11 is 0. The molecule has 5 heteroatoms. The average Bonchev–Trinajstić information content (AvgIpc) is 2.38. The smallest absolute Gasteiger partial charge is 0.253 e. The van der Waals surface area contributed by atoms with Crippen molar-refractivity contribution in [3.05, 3.63) is 23.9 Å². The second-order valence-electron chi connectivity index (χ2n) is 5.59. The van der Waals surface area contributed by atoms with Gasteiger partial charge in [-0.1, -0.05) is 0 Å². The molecule has 0 spiro atoms. The fourth-order valence-corrected chi connectivity index (χ4v) is 2.37. The van der Waals surface area contributed by atoms with Gasteiger partial charge in [0, 0.05) is 24.9 Å². The molecule has 0 aromatic carbocycles. The lowest BCUT2D eigenvalue weighted by molar-refractivity contribution is -0.0615. The molecule has 0 saturated carbocycles. The number of hydrogen-bond acceptors (Lipinski definition) is 4. The number of carbonyl (C=O) groups is 1. The van der Waals surface area contributed by atoms with Gasteiger partial charge in [-0.2, -0.15) is 0 Å². The first-order valence-corrected chi connectivity index (χ1v) is 7.04. The van der Waals surface area contributed by atoms with Crippen LogP contribution in [0.2, 0.25) is 0 Å². The zero-order valence-corrected chi connectivity index (χ0v) is 12.3. The van der Waals surface area contributed by atoms with Crippen LogP contribution >= 0.6 is 0 Å². The fraction of sp³-hybridized carbons (Fsp3) is 0.600. The van der Waals surface area contributed by atoms with Gasteiger partial charge in [-0.05, 0) is 39.7 Å². The van der Waals surface area contributed by atoms with E-state index in [1.807, 2.05) is 20.8 Å². The van der Waals surface area contributed by atoms with Crippen LogP contribution in [-0.2, 0) is 4.74 Å².